The molecule has 0 saturated heterocycles. The smallest absolute Gasteiger partial charge is 0.275 e. The number of hydrogen-bond acceptors (Lipinski definition) is 5. The Hall–Kier alpha value is -1.97. The summed E-state index contributed by atoms with van der Waals surface area (Å²) < 4.78 is 41.8. The molecule has 0 radical (unpaired) electrons. The van der Waals surface area contributed by atoms with Gasteiger partial charge < -0.3 is 4.74 Å². The first-order valence-corrected chi connectivity index (χ1v) is 8.52. The minimum absolute atomic E-state index is 0.0832. The molecule has 0 fully saturated rings. The average molecular weight is 344 g/mol. The first kappa shape index (κ1) is 16.4. The van der Waals surface area contributed by atoms with Crippen LogP contribution in [0.25, 0.3) is 0 Å². The summed E-state index contributed by atoms with van der Waals surface area (Å²) in [6.45, 7) is 1.44. The Kier molecular flexibility index (Phi) is 5.11. The molecule has 2 rings (SSSR count). The van der Waals surface area contributed by atoms with Crippen molar-refractivity contribution < 1.29 is 22.3 Å². The fourth-order valence-corrected chi connectivity index (χ4v) is 3.30. The van der Waals surface area contributed by atoms with E-state index in [9.17, 15) is 17.6 Å². The second-order valence-electron chi connectivity index (χ2n) is 4.24. The molecule has 0 aliphatic heterocycles. The molecule has 118 valence electrons. The fourth-order valence-electron chi connectivity index (χ4n) is 1.46. The molecule has 1 amide bonds. The highest BCUT2D eigenvalue weighted by atomic mass is 32.2. The predicted molar refractivity (Wildman–Crippen MR) is 79.3 cm³/mol. The molecule has 1 aromatic carbocycles. The number of rotatable bonds is 6. The maximum Gasteiger partial charge on any atom is 0.275 e. The normalized spacial score (nSPS) is 12.6. The lowest BCUT2D eigenvalue weighted by molar-refractivity contribution is -0.127. The first-order chi connectivity index (χ1) is 10.4. The van der Waals surface area contributed by atoms with Crippen molar-refractivity contribution in [2.24, 2.45) is 0 Å². The number of halogens is 1. The van der Waals surface area contributed by atoms with Crippen LogP contribution in [0.5, 0.6) is 5.75 Å². The third kappa shape index (κ3) is 4.26. The topological polar surface area (TPSA) is 84.5 Å². The summed E-state index contributed by atoms with van der Waals surface area (Å²) in [6.07, 6.45) is -0.962. The predicted octanol–water partition coefficient (Wildman–Crippen LogP) is 1.66. The minimum atomic E-state index is -3.79. The number of amides is 1. The molecule has 1 aromatic heterocycles. The lowest BCUT2D eigenvalue weighted by Gasteiger charge is -2.14. The zero-order valence-electron chi connectivity index (χ0n) is 11.4. The van der Waals surface area contributed by atoms with E-state index >= 15 is 0 Å². The Labute approximate surface area is 130 Å². The summed E-state index contributed by atoms with van der Waals surface area (Å²) in [5.74, 6) is -0.803. The molecule has 0 unspecified atom stereocenters. The molecule has 0 bridgehead atoms. The molecule has 22 heavy (non-hydrogen) atoms. The van der Waals surface area contributed by atoms with Crippen molar-refractivity contribution in [3.63, 3.8) is 0 Å². The van der Waals surface area contributed by atoms with Gasteiger partial charge in [0.1, 0.15) is 15.8 Å². The van der Waals surface area contributed by atoms with Gasteiger partial charge in [0.2, 0.25) is 0 Å². The highest BCUT2D eigenvalue weighted by Gasteiger charge is 2.19. The Morgan fingerprint density at radius 3 is 2.55 bits per heavy atom. The third-order valence-corrected chi connectivity index (χ3v) is 5.21. The number of benzene rings is 1. The number of hydrazine groups is 1. The zero-order chi connectivity index (χ0) is 16.2. The standard InChI is InChI=1S/C13H13FN2O4S2/c1-9(20-11-6-4-10(14)5-7-11)13(17)15-16-22(18,19)12-3-2-8-21-12/h2-9,16H,1H3,(H,15,17)/t9-/m0/s1. The van der Waals surface area contributed by atoms with E-state index in [1.165, 1.54) is 37.3 Å². The van der Waals surface area contributed by atoms with Gasteiger partial charge >= 0.3 is 0 Å². The number of carbonyl (C=O) groups excluding carboxylic acids is 1. The van der Waals surface area contributed by atoms with E-state index in [4.69, 9.17) is 4.74 Å². The molecule has 0 spiro atoms. The molecule has 0 aliphatic carbocycles. The molecule has 9 heteroatoms. The summed E-state index contributed by atoms with van der Waals surface area (Å²) >= 11 is 1.03. The van der Waals surface area contributed by atoms with Crippen molar-refractivity contribution in [3.05, 3.63) is 47.6 Å². The molecule has 6 nitrogen and oxygen atoms in total. The Bertz CT molecular complexity index is 730. The van der Waals surface area contributed by atoms with Gasteiger partial charge in [-0.15, -0.1) is 16.2 Å². The van der Waals surface area contributed by atoms with Crippen LogP contribution in [0.1, 0.15) is 6.92 Å². The van der Waals surface area contributed by atoms with Gasteiger partial charge in [-0.05, 0) is 42.6 Å². The van der Waals surface area contributed by atoms with Gasteiger partial charge in [-0.2, -0.15) is 0 Å². The van der Waals surface area contributed by atoms with Gasteiger partial charge in [-0.1, -0.05) is 6.07 Å². The van der Waals surface area contributed by atoms with Crippen molar-refractivity contribution in [2.75, 3.05) is 0 Å². The van der Waals surface area contributed by atoms with E-state index in [2.05, 4.69) is 5.43 Å². The van der Waals surface area contributed by atoms with Crippen LogP contribution in [-0.4, -0.2) is 20.4 Å². The molecule has 1 atom stereocenters. The van der Waals surface area contributed by atoms with E-state index in [0.717, 1.165) is 11.3 Å². The molecular formula is C13H13FN2O4S2. The molecule has 1 heterocycles. The number of nitrogens with one attached hydrogen (secondary N) is 2. The number of carbonyl (C=O) groups is 1. The van der Waals surface area contributed by atoms with E-state index < -0.39 is 27.9 Å². The van der Waals surface area contributed by atoms with Crippen molar-refractivity contribution in [1.82, 2.24) is 10.3 Å². The van der Waals surface area contributed by atoms with Crippen molar-refractivity contribution >= 4 is 27.3 Å². The largest absolute Gasteiger partial charge is 0.481 e. The summed E-state index contributed by atoms with van der Waals surface area (Å²) in [5, 5.41) is 1.61. The van der Waals surface area contributed by atoms with Gasteiger partial charge in [-0.25, -0.2) is 12.8 Å². The molecule has 0 saturated carbocycles. The molecular weight excluding hydrogens is 331 g/mol. The van der Waals surface area contributed by atoms with Crippen LogP contribution < -0.4 is 15.0 Å². The minimum Gasteiger partial charge on any atom is -0.481 e. The average Bonchev–Trinajstić information content (AvgIpc) is 3.02. The van der Waals surface area contributed by atoms with Crippen LogP contribution in [0, 0.1) is 5.82 Å². The van der Waals surface area contributed by atoms with Gasteiger partial charge in [0, 0.05) is 0 Å². The Morgan fingerprint density at radius 2 is 1.95 bits per heavy atom. The quantitative estimate of drug-likeness (QED) is 0.781. The van der Waals surface area contributed by atoms with Crippen LogP contribution >= 0.6 is 11.3 Å². The zero-order valence-corrected chi connectivity index (χ0v) is 13.1. The number of sulfonamides is 1. The van der Waals surface area contributed by atoms with Crippen molar-refractivity contribution in [1.29, 1.82) is 0 Å². The van der Waals surface area contributed by atoms with Crippen LogP contribution in [0.4, 0.5) is 4.39 Å². The van der Waals surface area contributed by atoms with Gasteiger partial charge in [0.25, 0.3) is 15.9 Å². The molecule has 0 aliphatic rings. The third-order valence-electron chi connectivity index (χ3n) is 2.56. The van der Waals surface area contributed by atoms with Crippen molar-refractivity contribution in [3.8, 4) is 5.75 Å². The summed E-state index contributed by atoms with van der Waals surface area (Å²) in [5.41, 5.74) is 2.07. The molecule has 2 N–H and O–H groups in total. The fraction of sp³-hybridized carbons (Fsp3) is 0.154. The van der Waals surface area contributed by atoms with Crippen LogP contribution in [0.2, 0.25) is 0 Å². The van der Waals surface area contributed by atoms with E-state index in [0.29, 0.717) is 5.75 Å². The second-order valence-corrected chi connectivity index (χ2v) is 7.10. The highest BCUT2D eigenvalue weighted by molar-refractivity contribution is 7.91. The lowest BCUT2D eigenvalue weighted by atomic mass is 10.3. The number of thiophene rings is 1. The summed E-state index contributed by atoms with van der Waals surface area (Å²) in [7, 11) is -3.79. The highest BCUT2D eigenvalue weighted by Crippen LogP contribution is 2.15. The van der Waals surface area contributed by atoms with Gasteiger partial charge in [0.15, 0.2) is 6.10 Å². The van der Waals surface area contributed by atoms with Gasteiger partial charge in [-0.3, -0.25) is 10.2 Å². The SMILES string of the molecule is C[C@H](Oc1ccc(F)cc1)C(=O)NNS(=O)(=O)c1cccs1. The lowest BCUT2D eigenvalue weighted by Crippen LogP contribution is -2.46. The molecule has 2 aromatic rings. The van der Waals surface area contributed by atoms with Crippen molar-refractivity contribution in [2.45, 2.75) is 17.2 Å². The second kappa shape index (κ2) is 6.86. The van der Waals surface area contributed by atoms with E-state index in [1.54, 1.807) is 11.4 Å². The van der Waals surface area contributed by atoms with Crippen LogP contribution in [-0.2, 0) is 14.8 Å². The number of hydrogen-bond donors (Lipinski definition) is 2. The Morgan fingerprint density at radius 1 is 1.27 bits per heavy atom. The maximum absolute atomic E-state index is 12.8. The van der Waals surface area contributed by atoms with Gasteiger partial charge in [0.05, 0.1) is 0 Å². The summed E-state index contributed by atoms with van der Waals surface area (Å²) in [6, 6.07) is 8.13. The van der Waals surface area contributed by atoms with Crippen LogP contribution in [0.15, 0.2) is 46.0 Å². The van der Waals surface area contributed by atoms with E-state index in [1.807, 2.05) is 4.83 Å². The summed E-state index contributed by atoms with van der Waals surface area (Å²) in [4.78, 5) is 13.8. The van der Waals surface area contributed by atoms with Crippen LogP contribution in [0.3, 0.4) is 0 Å². The number of ether oxygens (including phenoxy) is 1. The Balaban J connectivity index is 1.90. The van der Waals surface area contributed by atoms with E-state index in [-0.39, 0.29) is 4.21 Å². The maximum atomic E-state index is 12.8. The monoisotopic (exact) mass is 344 g/mol. The first-order valence-electron chi connectivity index (χ1n) is 6.16.